The number of hydrogen-bond donors (Lipinski definition) is 0. The molecule has 4 heteroatoms. The molecular formula is C12H12ClNO2. The first kappa shape index (κ1) is 11.1. The van der Waals surface area contributed by atoms with Gasteiger partial charge < -0.3 is 4.90 Å². The highest BCUT2D eigenvalue weighted by Gasteiger charge is 2.31. The van der Waals surface area contributed by atoms with E-state index < -0.39 is 0 Å². The van der Waals surface area contributed by atoms with Gasteiger partial charge in [0.2, 0.25) is 5.91 Å². The normalized spacial score (nSPS) is 18.8. The summed E-state index contributed by atoms with van der Waals surface area (Å²) < 4.78 is 0. The minimum absolute atomic E-state index is 0.0308. The third-order valence-corrected chi connectivity index (χ3v) is 3.24. The summed E-state index contributed by atoms with van der Waals surface area (Å²) in [5.74, 6) is -0.260. The van der Waals surface area contributed by atoms with Crippen molar-refractivity contribution in [3.63, 3.8) is 0 Å². The van der Waals surface area contributed by atoms with E-state index in [9.17, 15) is 9.59 Å². The van der Waals surface area contributed by atoms with Crippen molar-refractivity contribution in [1.82, 2.24) is 0 Å². The average molecular weight is 238 g/mol. The van der Waals surface area contributed by atoms with Crippen LogP contribution < -0.4 is 4.90 Å². The minimum Gasteiger partial charge on any atom is -0.315 e. The summed E-state index contributed by atoms with van der Waals surface area (Å²) in [6, 6.07) is 5.29. The van der Waals surface area contributed by atoms with Crippen LogP contribution in [0.5, 0.6) is 0 Å². The van der Waals surface area contributed by atoms with Crippen LogP contribution in [0.1, 0.15) is 28.8 Å². The number of Topliss-reactive ketones (excluding diaryl/α,β-unsaturated/α-hetero) is 1. The van der Waals surface area contributed by atoms with Gasteiger partial charge in [0.25, 0.3) is 0 Å². The Balaban J connectivity index is 2.49. The van der Waals surface area contributed by atoms with Crippen LogP contribution in [0.4, 0.5) is 5.69 Å². The van der Waals surface area contributed by atoms with Gasteiger partial charge in [-0.05, 0) is 30.7 Å². The van der Waals surface area contributed by atoms with Gasteiger partial charge in [-0.2, -0.15) is 0 Å². The Kier molecular flexibility index (Phi) is 2.72. The number of amides is 1. The summed E-state index contributed by atoms with van der Waals surface area (Å²) >= 11 is 5.50. The zero-order valence-corrected chi connectivity index (χ0v) is 9.91. The zero-order valence-electron chi connectivity index (χ0n) is 9.16. The number of hydrogen-bond acceptors (Lipinski definition) is 2. The predicted molar refractivity (Wildman–Crippen MR) is 63.3 cm³/mol. The molecule has 1 aromatic rings. The molecule has 0 bridgehead atoms. The van der Waals surface area contributed by atoms with Crippen molar-refractivity contribution in [1.29, 1.82) is 0 Å². The van der Waals surface area contributed by atoms with Gasteiger partial charge in [0.05, 0.1) is 11.8 Å². The number of benzene rings is 1. The second-order valence-electron chi connectivity index (χ2n) is 3.95. The minimum atomic E-state index is -0.178. The molecule has 1 aliphatic heterocycles. The van der Waals surface area contributed by atoms with E-state index in [4.69, 9.17) is 11.6 Å². The quantitative estimate of drug-likeness (QED) is 0.584. The van der Waals surface area contributed by atoms with Gasteiger partial charge in [-0.3, -0.25) is 9.59 Å². The van der Waals surface area contributed by atoms with E-state index in [1.165, 1.54) is 0 Å². The second-order valence-corrected chi connectivity index (χ2v) is 4.22. The number of alkyl halides is 1. The fourth-order valence-corrected chi connectivity index (χ4v) is 2.15. The lowest BCUT2D eigenvalue weighted by Crippen LogP contribution is -2.22. The van der Waals surface area contributed by atoms with Gasteiger partial charge in [0.1, 0.15) is 0 Å². The van der Waals surface area contributed by atoms with Crippen molar-refractivity contribution in [2.45, 2.75) is 12.8 Å². The molecule has 1 aromatic carbocycles. The standard InChI is InChI=1S/C12H12ClNO2/c1-7-9-5-8(11(15)6-13)3-4-10(9)14(2)12(7)16/h3-5,7H,6H2,1-2H3. The molecule has 1 atom stereocenters. The van der Waals surface area contributed by atoms with E-state index in [1.807, 2.05) is 6.92 Å². The molecule has 0 radical (unpaired) electrons. The summed E-state index contributed by atoms with van der Waals surface area (Å²) in [7, 11) is 1.74. The topological polar surface area (TPSA) is 37.4 Å². The molecule has 1 heterocycles. The first-order valence-corrected chi connectivity index (χ1v) is 5.60. The maximum absolute atomic E-state index is 11.7. The third-order valence-electron chi connectivity index (χ3n) is 3.00. The lowest BCUT2D eigenvalue weighted by molar-refractivity contribution is -0.118. The molecule has 0 aliphatic carbocycles. The number of anilines is 1. The summed E-state index contributed by atoms with van der Waals surface area (Å²) in [6.45, 7) is 1.85. The molecule has 0 aromatic heterocycles. The van der Waals surface area contributed by atoms with E-state index in [-0.39, 0.29) is 23.5 Å². The van der Waals surface area contributed by atoms with Crippen LogP contribution in [0, 0.1) is 0 Å². The van der Waals surface area contributed by atoms with E-state index in [0.717, 1.165) is 11.3 Å². The first-order chi connectivity index (χ1) is 7.56. The summed E-state index contributed by atoms with van der Waals surface area (Å²) in [5.41, 5.74) is 2.36. The molecule has 1 aliphatic rings. The van der Waals surface area contributed by atoms with Crippen molar-refractivity contribution < 1.29 is 9.59 Å². The van der Waals surface area contributed by atoms with E-state index in [2.05, 4.69) is 0 Å². The highest BCUT2D eigenvalue weighted by atomic mass is 35.5. The smallest absolute Gasteiger partial charge is 0.234 e. The molecule has 0 saturated heterocycles. The van der Waals surface area contributed by atoms with Crippen molar-refractivity contribution in [2.24, 2.45) is 0 Å². The first-order valence-electron chi connectivity index (χ1n) is 5.07. The van der Waals surface area contributed by atoms with Crippen LogP contribution in [0.3, 0.4) is 0 Å². The Morgan fingerprint density at radius 2 is 2.19 bits per heavy atom. The maximum Gasteiger partial charge on any atom is 0.234 e. The van der Waals surface area contributed by atoms with Gasteiger partial charge in [-0.15, -0.1) is 11.6 Å². The molecule has 2 rings (SSSR count). The monoisotopic (exact) mass is 237 g/mol. The largest absolute Gasteiger partial charge is 0.315 e. The Hall–Kier alpha value is -1.35. The van der Waals surface area contributed by atoms with Crippen LogP contribution in [0.2, 0.25) is 0 Å². The number of likely N-dealkylation sites (N-methyl/N-ethyl adjacent to an activating group) is 1. The van der Waals surface area contributed by atoms with Crippen LogP contribution >= 0.6 is 11.6 Å². The Labute approximate surface area is 99.0 Å². The van der Waals surface area contributed by atoms with Gasteiger partial charge in [0, 0.05) is 18.3 Å². The van der Waals surface area contributed by atoms with Gasteiger partial charge in [-0.25, -0.2) is 0 Å². The van der Waals surface area contributed by atoms with E-state index >= 15 is 0 Å². The molecule has 84 valence electrons. The van der Waals surface area contributed by atoms with Crippen molar-refractivity contribution in [3.05, 3.63) is 29.3 Å². The number of carbonyl (C=O) groups is 2. The molecule has 0 spiro atoms. The molecule has 0 saturated carbocycles. The number of fused-ring (bicyclic) bond motifs is 1. The van der Waals surface area contributed by atoms with Crippen molar-refractivity contribution in [3.8, 4) is 0 Å². The van der Waals surface area contributed by atoms with Gasteiger partial charge in [-0.1, -0.05) is 0 Å². The average Bonchev–Trinajstić information content (AvgIpc) is 2.53. The van der Waals surface area contributed by atoms with Gasteiger partial charge >= 0.3 is 0 Å². The third kappa shape index (κ3) is 1.52. The van der Waals surface area contributed by atoms with Crippen LogP contribution in [0.15, 0.2) is 18.2 Å². The maximum atomic E-state index is 11.7. The Morgan fingerprint density at radius 3 is 2.81 bits per heavy atom. The van der Waals surface area contributed by atoms with E-state index in [0.29, 0.717) is 5.56 Å². The molecule has 3 nitrogen and oxygen atoms in total. The number of rotatable bonds is 2. The van der Waals surface area contributed by atoms with Gasteiger partial charge in [0.15, 0.2) is 5.78 Å². The predicted octanol–water partition coefficient (Wildman–Crippen LogP) is 2.19. The fraction of sp³-hybridized carbons (Fsp3) is 0.333. The number of carbonyl (C=O) groups excluding carboxylic acids is 2. The molecule has 1 amide bonds. The lowest BCUT2D eigenvalue weighted by Gasteiger charge is -2.09. The highest BCUT2D eigenvalue weighted by Crippen LogP contribution is 2.36. The molecular weight excluding hydrogens is 226 g/mol. The van der Waals surface area contributed by atoms with Crippen LogP contribution in [-0.2, 0) is 4.79 Å². The Morgan fingerprint density at radius 1 is 1.50 bits per heavy atom. The highest BCUT2D eigenvalue weighted by molar-refractivity contribution is 6.30. The van der Waals surface area contributed by atoms with Crippen molar-refractivity contribution in [2.75, 3.05) is 17.8 Å². The number of nitrogens with zero attached hydrogens (tertiary/aromatic N) is 1. The van der Waals surface area contributed by atoms with Crippen molar-refractivity contribution >= 4 is 29.0 Å². The SMILES string of the molecule is CC1C(=O)N(C)c2ccc(C(=O)CCl)cc21. The fourth-order valence-electron chi connectivity index (χ4n) is 2.00. The molecule has 1 unspecified atom stereocenters. The second kappa shape index (κ2) is 3.91. The number of halogens is 1. The van der Waals surface area contributed by atoms with Crippen LogP contribution in [0.25, 0.3) is 0 Å². The lowest BCUT2D eigenvalue weighted by atomic mass is 9.99. The van der Waals surface area contributed by atoms with E-state index in [1.54, 1.807) is 30.1 Å². The van der Waals surface area contributed by atoms with Crippen LogP contribution in [-0.4, -0.2) is 24.6 Å². The summed E-state index contributed by atoms with van der Waals surface area (Å²) in [4.78, 5) is 24.8. The zero-order chi connectivity index (χ0) is 11.9. The molecule has 0 fully saturated rings. The number of ketones is 1. The molecule has 0 N–H and O–H groups in total. The summed E-state index contributed by atoms with van der Waals surface area (Å²) in [5, 5.41) is 0. The Bertz CT molecular complexity index is 470. The molecule has 16 heavy (non-hydrogen) atoms. The summed E-state index contributed by atoms with van der Waals surface area (Å²) in [6.07, 6.45) is 0.